The first-order valence-electron chi connectivity index (χ1n) is 7.31. The number of hydrogen-bond donors (Lipinski definition) is 1. The molecule has 0 aliphatic carbocycles. The molecule has 0 radical (unpaired) electrons. The highest BCUT2D eigenvalue weighted by atomic mass is 79.9. The number of rotatable bonds is 10. The van der Waals surface area contributed by atoms with Gasteiger partial charge in [0.25, 0.3) is 0 Å². The molecule has 0 fully saturated rings. The third-order valence-corrected chi connectivity index (χ3v) is 3.76. The monoisotopic (exact) mass is 363 g/mol. The fourth-order valence-corrected chi connectivity index (χ4v) is 2.55. The predicted octanol–water partition coefficient (Wildman–Crippen LogP) is 5.33. The summed E-state index contributed by atoms with van der Waals surface area (Å²) in [6.45, 7) is 4.21. The Hall–Kier alpha value is -0.250. The molecular weight excluding hydrogens is 338 g/mol. The lowest BCUT2D eigenvalue weighted by molar-refractivity contribution is 0.407. The van der Waals surface area contributed by atoms with Gasteiger partial charge in [0.2, 0.25) is 0 Å². The van der Waals surface area contributed by atoms with Gasteiger partial charge >= 0.3 is 0 Å². The molecular formula is C16H27BrClNO. The number of ether oxygens (including phenoxy) is 1. The molecule has 1 aromatic carbocycles. The van der Waals surface area contributed by atoms with Crippen LogP contribution >= 0.6 is 28.3 Å². The van der Waals surface area contributed by atoms with Crippen LogP contribution in [0.3, 0.4) is 0 Å². The molecule has 0 aliphatic rings. The van der Waals surface area contributed by atoms with Gasteiger partial charge in [0.1, 0.15) is 5.75 Å². The van der Waals surface area contributed by atoms with Crippen molar-refractivity contribution in [3.8, 4) is 5.75 Å². The normalized spacial score (nSPS) is 10.2. The maximum absolute atomic E-state index is 5.36. The zero-order valence-electron chi connectivity index (χ0n) is 12.6. The van der Waals surface area contributed by atoms with E-state index in [0.717, 1.165) is 23.3 Å². The first-order valence-corrected chi connectivity index (χ1v) is 8.10. The fourth-order valence-electron chi connectivity index (χ4n) is 2.14. The Morgan fingerprint density at radius 2 is 1.80 bits per heavy atom. The van der Waals surface area contributed by atoms with E-state index < -0.39 is 0 Å². The van der Waals surface area contributed by atoms with Crippen molar-refractivity contribution in [1.82, 2.24) is 5.32 Å². The smallest absolute Gasteiger partial charge is 0.123 e. The topological polar surface area (TPSA) is 21.3 Å². The Morgan fingerprint density at radius 1 is 1.10 bits per heavy atom. The van der Waals surface area contributed by atoms with Gasteiger partial charge in [-0.2, -0.15) is 0 Å². The van der Waals surface area contributed by atoms with E-state index in [4.69, 9.17) is 4.74 Å². The minimum atomic E-state index is 0. The third-order valence-electron chi connectivity index (χ3n) is 3.27. The van der Waals surface area contributed by atoms with E-state index in [2.05, 4.69) is 34.2 Å². The molecule has 0 aromatic heterocycles. The lowest BCUT2D eigenvalue weighted by atomic mass is 10.1. The maximum Gasteiger partial charge on any atom is 0.123 e. The second-order valence-corrected chi connectivity index (χ2v) is 5.82. The molecule has 0 unspecified atom stereocenters. The Bertz CT molecular complexity index is 360. The largest absolute Gasteiger partial charge is 0.496 e. The van der Waals surface area contributed by atoms with Crippen molar-refractivity contribution in [2.75, 3.05) is 13.7 Å². The molecule has 0 heterocycles. The highest BCUT2D eigenvalue weighted by Crippen LogP contribution is 2.22. The lowest BCUT2D eigenvalue weighted by Gasteiger charge is -2.10. The average molecular weight is 365 g/mol. The highest BCUT2D eigenvalue weighted by molar-refractivity contribution is 9.10. The van der Waals surface area contributed by atoms with E-state index in [9.17, 15) is 0 Å². The average Bonchev–Trinajstić information content (AvgIpc) is 2.42. The molecule has 0 amide bonds. The van der Waals surface area contributed by atoms with Crippen LogP contribution in [-0.2, 0) is 6.54 Å². The van der Waals surface area contributed by atoms with Crippen LogP contribution in [0, 0.1) is 0 Å². The van der Waals surface area contributed by atoms with Crippen molar-refractivity contribution in [3.63, 3.8) is 0 Å². The Labute approximate surface area is 138 Å². The van der Waals surface area contributed by atoms with Gasteiger partial charge in [-0.3, -0.25) is 0 Å². The predicted molar refractivity (Wildman–Crippen MR) is 93.0 cm³/mol. The van der Waals surface area contributed by atoms with E-state index in [0.29, 0.717) is 0 Å². The second-order valence-electron chi connectivity index (χ2n) is 4.90. The number of nitrogens with one attached hydrogen (secondary N) is 1. The molecule has 1 aromatic rings. The molecule has 1 rings (SSSR count). The molecule has 0 aliphatic heterocycles. The number of unbranched alkanes of at least 4 members (excludes halogenated alkanes) is 5. The zero-order valence-corrected chi connectivity index (χ0v) is 15.0. The number of benzene rings is 1. The van der Waals surface area contributed by atoms with Gasteiger partial charge in [0, 0.05) is 16.6 Å². The number of methoxy groups -OCH3 is 1. The third kappa shape index (κ3) is 8.13. The summed E-state index contributed by atoms with van der Waals surface area (Å²) in [5.74, 6) is 0.957. The van der Waals surface area contributed by atoms with Crippen molar-refractivity contribution in [2.45, 2.75) is 52.0 Å². The van der Waals surface area contributed by atoms with Crippen molar-refractivity contribution in [3.05, 3.63) is 28.2 Å². The van der Waals surface area contributed by atoms with E-state index in [1.165, 1.54) is 44.1 Å². The van der Waals surface area contributed by atoms with Crippen LogP contribution < -0.4 is 10.1 Å². The lowest BCUT2D eigenvalue weighted by Crippen LogP contribution is -2.15. The summed E-state index contributed by atoms with van der Waals surface area (Å²) >= 11 is 3.50. The first-order chi connectivity index (χ1) is 9.27. The van der Waals surface area contributed by atoms with Gasteiger partial charge in [-0.05, 0) is 31.2 Å². The summed E-state index contributed by atoms with van der Waals surface area (Å²) < 4.78 is 6.46. The molecule has 0 saturated carbocycles. The molecule has 0 spiro atoms. The van der Waals surface area contributed by atoms with Gasteiger partial charge < -0.3 is 10.1 Å². The molecule has 20 heavy (non-hydrogen) atoms. The van der Waals surface area contributed by atoms with Crippen LogP contribution in [0.5, 0.6) is 5.75 Å². The Kier molecular flexibility index (Phi) is 12.3. The summed E-state index contributed by atoms with van der Waals surface area (Å²) in [6, 6.07) is 6.13. The molecule has 0 saturated heterocycles. The highest BCUT2D eigenvalue weighted by Gasteiger charge is 2.02. The minimum Gasteiger partial charge on any atom is -0.496 e. The second kappa shape index (κ2) is 12.5. The van der Waals surface area contributed by atoms with Gasteiger partial charge in [-0.15, -0.1) is 12.4 Å². The van der Waals surface area contributed by atoms with Crippen molar-refractivity contribution in [2.24, 2.45) is 0 Å². The van der Waals surface area contributed by atoms with E-state index >= 15 is 0 Å². The van der Waals surface area contributed by atoms with Crippen molar-refractivity contribution >= 4 is 28.3 Å². The van der Waals surface area contributed by atoms with E-state index in [-0.39, 0.29) is 12.4 Å². The zero-order chi connectivity index (χ0) is 13.9. The van der Waals surface area contributed by atoms with Crippen LogP contribution in [-0.4, -0.2) is 13.7 Å². The number of halogens is 2. The Balaban J connectivity index is 0.00000361. The van der Waals surface area contributed by atoms with Crippen LogP contribution in [0.2, 0.25) is 0 Å². The first kappa shape index (κ1) is 19.8. The van der Waals surface area contributed by atoms with Gasteiger partial charge in [-0.25, -0.2) is 0 Å². The fraction of sp³-hybridized carbons (Fsp3) is 0.625. The standard InChI is InChI=1S/C16H26BrNO.ClH/c1-3-4-5-6-7-8-11-18-13-14-12-15(17)9-10-16(14)19-2;/h9-10,12,18H,3-8,11,13H2,1-2H3;1H. The van der Waals surface area contributed by atoms with Gasteiger partial charge in [0.05, 0.1) is 7.11 Å². The molecule has 1 N–H and O–H groups in total. The molecule has 0 atom stereocenters. The minimum absolute atomic E-state index is 0. The molecule has 4 heteroatoms. The van der Waals surface area contributed by atoms with Crippen LogP contribution in [0.15, 0.2) is 22.7 Å². The molecule has 116 valence electrons. The maximum atomic E-state index is 5.36. The van der Waals surface area contributed by atoms with Crippen LogP contribution in [0.25, 0.3) is 0 Å². The van der Waals surface area contributed by atoms with E-state index in [1.807, 2.05) is 12.1 Å². The summed E-state index contributed by atoms with van der Waals surface area (Å²) in [6.07, 6.45) is 8.05. The van der Waals surface area contributed by atoms with Crippen LogP contribution in [0.1, 0.15) is 51.0 Å². The Morgan fingerprint density at radius 3 is 2.50 bits per heavy atom. The van der Waals surface area contributed by atoms with Crippen LogP contribution in [0.4, 0.5) is 0 Å². The van der Waals surface area contributed by atoms with Crippen molar-refractivity contribution in [1.29, 1.82) is 0 Å². The summed E-state index contributed by atoms with van der Waals surface area (Å²) in [5, 5.41) is 3.49. The summed E-state index contributed by atoms with van der Waals surface area (Å²) in [4.78, 5) is 0. The van der Waals surface area contributed by atoms with Gasteiger partial charge in [-0.1, -0.05) is 55.0 Å². The quantitative estimate of drug-likeness (QED) is 0.567. The summed E-state index contributed by atoms with van der Waals surface area (Å²) in [5.41, 5.74) is 1.21. The number of hydrogen-bond acceptors (Lipinski definition) is 2. The van der Waals surface area contributed by atoms with Crippen molar-refractivity contribution < 1.29 is 4.74 Å². The van der Waals surface area contributed by atoms with E-state index in [1.54, 1.807) is 7.11 Å². The summed E-state index contributed by atoms with van der Waals surface area (Å²) in [7, 11) is 1.72. The van der Waals surface area contributed by atoms with Gasteiger partial charge in [0.15, 0.2) is 0 Å². The SMILES string of the molecule is CCCCCCCCNCc1cc(Br)ccc1OC.Cl. The molecule has 0 bridgehead atoms. The molecule has 2 nitrogen and oxygen atoms in total.